The van der Waals surface area contributed by atoms with Crippen molar-refractivity contribution in [3.05, 3.63) is 119 Å². The van der Waals surface area contributed by atoms with Crippen LogP contribution in [-0.4, -0.2) is 99.6 Å². The van der Waals surface area contributed by atoms with Crippen LogP contribution < -0.4 is 36.6 Å². The van der Waals surface area contributed by atoms with Crippen LogP contribution in [0.1, 0.15) is 62.7 Å². The number of ether oxygens (including phenoxy) is 1. The first kappa shape index (κ1) is 42.8. The van der Waals surface area contributed by atoms with Crippen LogP contribution in [-0.2, 0) is 29.1 Å². The van der Waals surface area contributed by atoms with Gasteiger partial charge in [-0.15, -0.1) is 0 Å². The minimum Gasteiger partial charge on any atom is -0.496 e. The van der Waals surface area contributed by atoms with Gasteiger partial charge in [0.05, 0.1) is 24.1 Å². The highest BCUT2D eigenvalue weighted by molar-refractivity contribution is 6.00. The van der Waals surface area contributed by atoms with E-state index in [0.29, 0.717) is 66.9 Å². The molecule has 0 spiro atoms. The van der Waals surface area contributed by atoms with E-state index in [4.69, 9.17) is 26.3 Å². The fraction of sp³-hybridized carbons (Fsp3) is 0.319. The standard InChI is InChI=1S/C47H49FN12O5/c1-65-38-13-10-33(48)21-37(38)47(64)52-22-28-2-5-30(6-3-28)42-41-43(49)53-27-54-45(41)60(56-42)35-25-59(26-35)39-14-4-29(23-51-39)24-57-16-18-58(19-17-57)34-11-12-36(44(50)62)32(20-34)8-7-31-9-15-40(61)55-46(31)63/h2-6,10-14,20-21,23,27,31,35H,7-9,15-19,22,24-26H2,1H3,(H2,50,62)(H,52,64)(H2,49,53,54)(H,55,61,63)/t31-/m0/s1. The molecule has 0 aliphatic carbocycles. The molecule has 334 valence electrons. The molecule has 3 aliphatic heterocycles. The Morgan fingerprint density at radius 2 is 1.69 bits per heavy atom. The summed E-state index contributed by atoms with van der Waals surface area (Å²) in [6.45, 7) is 5.68. The van der Waals surface area contributed by atoms with Crippen LogP contribution >= 0.6 is 0 Å². The van der Waals surface area contributed by atoms with Crippen LogP contribution in [0.3, 0.4) is 0 Å². The molecular weight excluding hydrogens is 832 g/mol. The number of hydrogen-bond acceptors (Lipinski definition) is 13. The number of benzene rings is 3. The molecule has 65 heavy (non-hydrogen) atoms. The number of carbonyl (C=O) groups excluding carboxylic acids is 4. The summed E-state index contributed by atoms with van der Waals surface area (Å²) in [4.78, 5) is 69.6. The Bertz CT molecular complexity index is 2770. The van der Waals surface area contributed by atoms with Gasteiger partial charge in [-0.3, -0.25) is 29.4 Å². The number of pyridine rings is 1. The Hall–Kier alpha value is -7.47. The molecular formula is C47H49FN12O5. The molecule has 17 nitrogen and oxygen atoms in total. The number of nitrogens with one attached hydrogen (secondary N) is 2. The fourth-order valence-electron chi connectivity index (χ4n) is 8.85. The summed E-state index contributed by atoms with van der Waals surface area (Å²) in [5.41, 5.74) is 18.6. The van der Waals surface area contributed by atoms with Gasteiger partial charge in [-0.1, -0.05) is 30.3 Å². The summed E-state index contributed by atoms with van der Waals surface area (Å²) in [7, 11) is 1.43. The molecule has 3 aromatic carbocycles. The zero-order chi connectivity index (χ0) is 45.2. The average Bonchev–Trinajstić information content (AvgIpc) is 3.68. The molecule has 3 fully saturated rings. The van der Waals surface area contributed by atoms with Crippen LogP contribution in [0.2, 0.25) is 0 Å². The van der Waals surface area contributed by atoms with E-state index in [0.717, 1.165) is 72.5 Å². The molecule has 6 heterocycles. The predicted molar refractivity (Wildman–Crippen MR) is 241 cm³/mol. The number of nitrogens with zero attached hydrogens (tertiary/aromatic N) is 8. The van der Waals surface area contributed by atoms with E-state index in [1.807, 2.05) is 47.3 Å². The number of piperidine rings is 1. The van der Waals surface area contributed by atoms with Gasteiger partial charge in [0.1, 0.15) is 35.2 Å². The number of anilines is 3. The molecule has 9 rings (SSSR count). The third-order valence-electron chi connectivity index (χ3n) is 12.6. The van der Waals surface area contributed by atoms with Crippen LogP contribution in [0.15, 0.2) is 85.3 Å². The number of nitrogens with two attached hydrogens (primary N) is 2. The first-order chi connectivity index (χ1) is 31.5. The number of piperazine rings is 1. The van der Waals surface area contributed by atoms with Crippen LogP contribution in [0, 0.1) is 11.7 Å². The Labute approximate surface area is 374 Å². The summed E-state index contributed by atoms with van der Waals surface area (Å²) in [6.07, 6.45) is 5.28. The van der Waals surface area contributed by atoms with Gasteiger partial charge in [-0.2, -0.15) is 5.10 Å². The number of hydrogen-bond donors (Lipinski definition) is 4. The smallest absolute Gasteiger partial charge is 0.255 e. The monoisotopic (exact) mass is 880 g/mol. The molecule has 0 unspecified atom stereocenters. The molecule has 6 N–H and O–H groups in total. The number of carbonyl (C=O) groups is 4. The number of halogens is 1. The second kappa shape index (κ2) is 18.3. The lowest BCUT2D eigenvalue weighted by molar-refractivity contribution is -0.136. The van der Waals surface area contributed by atoms with Crippen LogP contribution in [0.4, 0.5) is 21.7 Å². The second-order valence-corrected chi connectivity index (χ2v) is 16.7. The summed E-state index contributed by atoms with van der Waals surface area (Å²) >= 11 is 0. The lowest BCUT2D eigenvalue weighted by atomic mass is 9.90. The predicted octanol–water partition coefficient (Wildman–Crippen LogP) is 4.02. The first-order valence-electron chi connectivity index (χ1n) is 21.6. The van der Waals surface area contributed by atoms with E-state index in [1.165, 1.54) is 25.6 Å². The molecule has 3 saturated heterocycles. The first-order valence-corrected chi connectivity index (χ1v) is 21.6. The minimum atomic E-state index is -0.525. The number of amides is 4. The summed E-state index contributed by atoms with van der Waals surface area (Å²) in [6, 6.07) is 21.4. The van der Waals surface area contributed by atoms with E-state index >= 15 is 0 Å². The van der Waals surface area contributed by atoms with Crippen molar-refractivity contribution in [2.24, 2.45) is 11.7 Å². The van der Waals surface area contributed by atoms with Gasteiger partial charge >= 0.3 is 0 Å². The Morgan fingerprint density at radius 3 is 2.42 bits per heavy atom. The van der Waals surface area contributed by atoms with E-state index < -0.39 is 17.6 Å². The van der Waals surface area contributed by atoms with Crippen molar-refractivity contribution in [2.75, 3.05) is 61.9 Å². The quantitative estimate of drug-likeness (QED) is 0.114. The van der Waals surface area contributed by atoms with Crippen molar-refractivity contribution in [3.63, 3.8) is 0 Å². The van der Waals surface area contributed by atoms with Gasteiger partial charge < -0.3 is 31.3 Å². The number of nitrogen functional groups attached to an aromatic ring is 1. The zero-order valence-electron chi connectivity index (χ0n) is 35.9. The largest absolute Gasteiger partial charge is 0.496 e. The molecule has 0 radical (unpaired) electrons. The van der Waals surface area contributed by atoms with Crippen LogP contribution in [0.25, 0.3) is 22.3 Å². The highest BCUT2D eigenvalue weighted by Crippen LogP contribution is 2.35. The third kappa shape index (κ3) is 9.15. The zero-order valence-corrected chi connectivity index (χ0v) is 35.9. The molecule has 3 aromatic heterocycles. The van der Waals surface area contributed by atoms with Crippen molar-refractivity contribution in [1.82, 2.24) is 40.3 Å². The van der Waals surface area contributed by atoms with E-state index in [1.54, 1.807) is 6.07 Å². The molecule has 18 heteroatoms. The van der Waals surface area contributed by atoms with Crippen molar-refractivity contribution in [2.45, 2.75) is 44.8 Å². The van der Waals surface area contributed by atoms with E-state index in [-0.39, 0.29) is 41.6 Å². The number of rotatable bonds is 14. The normalized spacial score (nSPS) is 16.9. The SMILES string of the molecule is COc1ccc(F)cc1C(=O)NCc1ccc(-c2nn(C3CN(c4ccc(CN5CCN(c6ccc(C(N)=O)c(CC[C@H]7CCC(=O)NC7=O)c6)CC5)cn4)C3)c3ncnc(N)c23)cc1. The summed E-state index contributed by atoms with van der Waals surface area (Å²) < 4.78 is 21.0. The summed E-state index contributed by atoms with van der Waals surface area (Å²) in [5, 5.41) is 10.9. The minimum absolute atomic E-state index is 0.0287. The van der Waals surface area contributed by atoms with Gasteiger partial charge in [0.25, 0.3) is 5.91 Å². The maximum atomic E-state index is 13.8. The van der Waals surface area contributed by atoms with Crippen molar-refractivity contribution in [3.8, 4) is 17.0 Å². The maximum absolute atomic E-state index is 13.8. The van der Waals surface area contributed by atoms with Gasteiger partial charge in [0, 0.05) is 87.7 Å². The fourth-order valence-corrected chi connectivity index (χ4v) is 8.85. The Balaban J connectivity index is 0.785. The van der Waals surface area contributed by atoms with Gasteiger partial charge in [0.2, 0.25) is 17.7 Å². The highest BCUT2D eigenvalue weighted by Gasteiger charge is 2.33. The Kier molecular flexibility index (Phi) is 12.1. The maximum Gasteiger partial charge on any atom is 0.255 e. The van der Waals surface area contributed by atoms with E-state index in [9.17, 15) is 23.6 Å². The molecule has 3 aliphatic rings. The lowest BCUT2D eigenvalue weighted by Crippen LogP contribution is -2.48. The topological polar surface area (TPSA) is 220 Å². The van der Waals surface area contributed by atoms with Gasteiger partial charge in [0.15, 0.2) is 5.65 Å². The second-order valence-electron chi connectivity index (χ2n) is 16.7. The van der Waals surface area contributed by atoms with E-state index in [2.05, 4.69) is 47.4 Å². The van der Waals surface area contributed by atoms with Crippen molar-refractivity contribution >= 4 is 52.0 Å². The molecule has 1 atom stereocenters. The summed E-state index contributed by atoms with van der Waals surface area (Å²) in [5.74, 6) is -0.721. The number of methoxy groups -OCH3 is 1. The third-order valence-corrected chi connectivity index (χ3v) is 12.6. The highest BCUT2D eigenvalue weighted by atomic mass is 19.1. The number of aromatic nitrogens is 5. The average molecular weight is 881 g/mol. The van der Waals surface area contributed by atoms with Gasteiger partial charge in [-0.25, -0.2) is 24.0 Å². The molecule has 4 amide bonds. The lowest BCUT2D eigenvalue weighted by Gasteiger charge is -2.40. The Morgan fingerprint density at radius 1 is 0.908 bits per heavy atom. The number of aryl methyl sites for hydroxylation is 1. The van der Waals surface area contributed by atoms with Gasteiger partial charge in [-0.05, 0) is 78.4 Å². The molecule has 0 bridgehead atoms. The molecule has 6 aromatic rings. The van der Waals surface area contributed by atoms with Crippen molar-refractivity contribution < 1.29 is 28.3 Å². The number of fused-ring (bicyclic) bond motifs is 1. The molecule has 0 saturated carbocycles. The number of primary amides is 1. The number of imide groups is 1. The van der Waals surface area contributed by atoms with Crippen molar-refractivity contribution in [1.29, 1.82) is 0 Å². The van der Waals surface area contributed by atoms with Crippen LogP contribution in [0.5, 0.6) is 5.75 Å².